The van der Waals surface area contributed by atoms with Crippen LogP contribution in [0.3, 0.4) is 0 Å². The summed E-state index contributed by atoms with van der Waals surface area (Å²) >= 11 is 0. The van der Waals surface area contributed by atoms with Crippen LogP contribution in [-0.4, -0.2) is 54.9 Å². The van der Waals surface area contributed by atoms with Crippen LogP contribution in [0.15, 0.2) is 36.4 Å². The van der Waals surface area contributed by atoms with Gasteiger partial charge in [-0.3, -0.25) is 9.69 Å². The maximum atomic E-state index is 11.6. The molecule has 0 atom stereocenters. The van der Waals surface area contributed by atoms with E-state index in [0.29, 0.717) is 5.69 Å². The molecule has 8 nitrogen and oxygen atoms in total. The van der Waals surface area contributed by atoms with E-state index in [0.717, 1.165) is 49.9 Å². The van der Waals surface area contributed by atoms with Crippen LogP contribution >= 0.6 is 0 Å². The molecule has 2 N–H and O–H groups in total. The first-order chi connectivity index (χ1) is 14.0. The second kappa shape index (κ2) is 8.00. The van der Waals surface area contributed by atoms with Gasteiger partial charge in [-0.25, -0.2) is 4.79 Å². The lowest BCUT2D eigenvalue weighted by molar-refractivity contribution is -0.114. The fraction of sp³-hybridized carbons (Fsp3) is 0.333. The summed E-state index contributed by atoms with van der Waals surface area (Å²) in [5, 5.41) is 12.0. The molecule has 2 aliphatic heterocycles. The minimum atomic E-state index is -1.02. The number of hydrogen-bond donors (Lipinski definition) is 2. The van der Waals surface area contributed by atoms with E-state index in [4.69, 9.17) is 9.47 Å². The molecule has 1 saturated heterocycles. The highest BCUT2D eigenvalue weighted by atomic mass is 16.7. The summed E-state index contributed by atoms with van der Waals surface area (Å²) in [6, 6.07) is 10.9. The summed E-state index contributed by atoms with van der Waals surface area (Å²) in [5.41, 5.74) is 2.70. The van der Waals surface area contributed by atoms with Gasteiger partial charge < -0.3 is 24.8 Å². The zero-order valence-corrected chi connectivity index (χ0v) is 16.2. The van der Waals surface area contributed by atoms with Gasteiger partial charge in [-0.1, -0.05) is 6.07 Å². The van der Waals surface area contributed by atoms with Crippen LogP contribution in [-0.2, 0) is 11.3 Å². The summed E-state index contributed by atoms with van der Waals surface area (Å²) in [6.45, 7) is 5.78. The third-order valence-corrected chi connectivity index (χ3v) is 5.11. The molecule has 0 saturated carbocycles. The quantitative estimate of drug-likeness (QED) is 0.800. The topological polar surface area (TPSA) is 91.3 Å². The maximum absolute atomic E-state index is 11.6. The molecule has 0 bridgehead atoms. The second-order valence-corrected chi connectivity index (χ2v) is 7.17. The van der Waals surface area contributed by atoms with Crippen LogP contribution in [0.5, 0.6) is 11.5 Å². The van der Waals surface area contributed by atoms with E-state index in [1.165, 1.54) is 18.6 Å². The number of hydrogen-bond acceptors (Lipinski definition) is 6. The maximum Gasteiger partial charge on any atom is 0.335 e. The summed E-state index contributed by atoms with van der Waals surface area (Å²) in [6.07, 6.45) is 0. The number of carboxylic acid groups (broad SMARTS) is 1. The molecule has 2 aromatic rings. The smallest absolute Gasteiger partial charge is 0.335 e. The third-order valence-electron chi connectivity index (χ3n) is 5.11. The van der Waals surface area contributed by atoms with E-state index in [2.05, 4.69) is 21.2 Å². The van der Waals surface area contributed by atoms with Crippen molar-refractivity contribution < 1.29 is 24.2 Å². The number of nitrogens with zero attached hydrogens (tertiary/aromatic N) is 2. The van der Waals surface area contributed by atoms with Gasteiger partial charge in [-0.2, -0.15) is 0 Å². The molecule has 2 aliphatic rings. The molecule has 4 rings (SSSR count). The standard InChI is InChI=1S/C21H23N3O5/c1-14(25)22-17-11-16(21(26)27)3-4-18(17)24-8-6-23(7-9-24)12-15-2-5-19-20(10-15)29-13-28-19/h2-5,10-11H,6-9,12-13H2,1H3,(H,22,25)(H,26,27). The Labute approximate surface area is 168 Å². The predicted octanol–water partition coefficient (Wildman–Crippen LogP) is 2.39. The largest absolute Gasteiger partial charge is 0.478 e. The van der Waals surface area contributed by atoms with Gasteiger partial charge in [0, 0.05) is 39.6 Å². The molecule has 29 heavy (non-hydrogen) atoms. The Balaban J connectivity index is 1.42. The molecule has 0 aromatic heterocycles. The van der Waals surface area contributed by atoms with Crippen LogP contribution in [0.1, 0.15) is 22.8 Å². The van der Waals surface area contributed by atoms with Gasteiger partial charge in [0.15, 0.2) is 11.5 Å². The normalized spacial score (nSPS) is 16.0. The van der Waals surface area contributed by atoms with Gasteiger partial charge in [0.05, 0.1) is 16.9 Å². The van der Waals surface area contributed by atoms with Crippen molar-refractivity contribution in [1.82, 2.24) is 4.90 Å². The number of carbonyl (C=O) groups is 2. The van der Waals surface area contributed by atoms with E-state index < -0.39 is 5.97 Å². The van der Waals surface area contributed by atoms with Gasteiger partial charge in [-0.05, 0) is 35.9 Å². The van der Waals surface area contributed by atoms with Gasteiger partial charge in [0.1, 0.15) is 0 Å². The molecule has 0 radical (unpaired) electrons. The number of carboxylic acids is 1. The fourth-order valence-corrected chi connectivity index (χ4v) is 3.68. The number of carbonyl (C=O) groups excluding carboxylic acids is 1. The Morgan fingerprint density at radius 1 is 1.03 bits per heavy atom. The number of fused-ring (bicyclic) bond motifs is 1. The van der Waals surface area contributed by atoms with Crippen molar-refractivity contribution in [1.29, 1.82) is 0 Å². The lowest BCUT2D eigenvalue weighted by Gasteiger charge is -2.37. The van der Waals surface area contributed by atoms with E-state index >= 15 is 0 Å². The zero-order valence-electron chi connectivity index (χ0n) is 16.2. The van der Waals surface area contributed by atoms with Crippen molar-refractivity contribution >= 4 is 23.3 Å². The Bertz CT molecular complexity index is 938. The van der Waals surface area contributed by atoms with E-state index in [1.54, 1.807) is 12.1 Å². The van der Waals surface area contributed by atoms with Crippen LogP contribution in [0, 0.1) is 0 Å². The van der Waals surface area contributed by atoms with E-state index in [1.807, 2.05) is 12.1 Å². The van der Waals surface area contributed by atoms with Crippen LogP contribution < -0.4 is 19.7 Å². The van der Waals surface area contributed by atoms with Crippen molar-refractivity contribution in [2.24, 2.45) is 0 Å². The molecular weight excluding hydrogens is 374 g/mol. The number of amides is 1. The third kappa shape index (κ3) is 4.27. The number of nitrogens with one attached hydrogen (secondary N) is 1. The van der Waals surface area contributed by atoms with Gasteiger partial charge in [-0.15, -0.1) is 0 Å². The monoisotopic (exact) mass is 397 g/mol. The Morgan fingerprint density at radius 3 is 2.52 bits per heavy atom. The molecule has 0 unspecified atom stereocenters. The number of ether oxygens (including phenoxy) is 2. The molecule has 8 heteroatoms. The predicted molar refractivity (Wildman–Crippen MR) is 108 cm³/mol. The first kappa shape index (κ1) is 19.1. The molecule has 2 heterocycles. The lowest BCUT2D eigenvalue weighted by atomic mass is 10.1. The molecule has 1 fully saturated rings. The number of piperazine rings is 1. The number of rotatable bonds is 5. The van der Waals surface area contributed by atoms with Gasteiger partial charge >= 0.3 is 5.97 Å². The molecule has 0 aliphatic carbocycles. The molecule has 2 aromatic carbocycles. The Hall–Kier alpha value is -3.26. The van der Waals surface area contributed by atoms with E-state index in [9.17, 15) is 14.7 Å². The molecule has 1 amide bonds. The van der Waals surface area contributed by atoms with Crippen LogP contribution in [0.4, 0.5) is 11.4 Å². The highest BCUT2D eigenvalue weighted by Crippen LogP contribution is 2.33. The number of benzene rings is 2. The number of aromatic carboxylic acids is 1. The summed E-state index contributed by atoms with van der Waals surface area (Å²) in [5.74, 6) is 0.334. The molecular formula is C21H23N3O5. The first-order valence-electron chi connectivity index (χ1n) is 9.50. The summed E-state index contributed by atoms with van der Waals surface area (Å²) in [4.78, 5) is 27.4. The molecule has 152 valence electrons. The second-order valence-electron chi connectivity index (χ2n) is 7.17. The number of anilines is 2. The SMILES string of the molecule is CC(=O)Nc1cc(C(=O)O)ccc1N1CCN(Cc2ccc3c(c2)OCO3)CC1. The minimum Gasteiger partial charge on any atom is -0.478 e. The van der Waals surface area contributed by atoms with Crippen LogP contribution in [0.25, 0.3) is 0 Å². The summed E-state index contributed by atoms with van der Waals surface area (Å²) < 4.78 is 10.8. The average Bonchev–Trinajstić information content (AvgIpc) is 3.16. The Morgan fingerprint density at radius 2 is 1.79 bits per heavy atom. The van der Waals surface area contributed by atoms with Crippen molar-refractivity contribution in [2.75, 3.05) is 43.2 Å². The van der Waals surface area contributed by atoms with Crippen molar-refractivity contribution in [2.45, 2.75) is 13.5 Å². The van der Waals surface area contributed by atoms with Crippen molar-refractivity contribution in [3.05, 3.63) is 47.5 Å². The summed E-state index contributed by atoms with van der Waals surface area (Å²) in [7, 11) is 0. The highest BCUT2D eigenvalue weighted by molar-refractivity contribution is 5.96. The van der Waals surface area contributed by atoms with Crippen molar-refractivity contribution in [3.63, 3.8) is 0 Å². The first-order valence-corrected chi connectivity index (χ1v) is 9.50. The van der Waals surface area contributed by atoms with Crippen LogP contribution in [0.2, 0.25) is 0 Å². The molecule has 0 spiro atoms. The highest BCUT2D eigenvalue weighted by Gasteiger charge is 2.22. The van der Waals surface area contributed by atoms with Gasteiger partial charge in [0.2, 0.25) is 12.7 Å². The Kier molecular flexibility index (Phi) is 5.26. The lowest BCUT2D eigenvalue weighted by Crippen LogP contribution is -2.46. The van der Waals surface area contributed by atoms with Gasteiger partial charge in [0.25, 0.3) is 0 Å². The van der Waals surface area contributed by atoms with Crippen molar-refractivity contribution in [3.8, 4) is 11.5 Å². The average molecular weight is 397 g/mol. The zero-order chi connectivity index (χ0) is 20.4. The van der Waals surface area contributed by atoms with E-state index in [-0.39, 0.29) is 18.3 Å². The fourth-order valence-electron chi connectivity index (χ4n) is 3.68. The minimum absolute atomic E-state index is 0.152.